The van der Waals surface area contributed by atoms with E-state index in [2.05, 4.69) is 34.8 Å². The molecule has 3 N–H and O–H groups in total. The van der Waals surface area contributed by atoms with Crippen molar-refractivity contribution in [3.05, 3.63) is 35.4 Å². The summed E-state index contributed by atoms with van der Waals surface area (Å²) in [6, 6.07) is 7.66. The molecule has 0 saturated carbocycles. The van der Waals surface area contributed by atoms with Gasteiger partial charge in [0.15, 0.2) is 5.96 Å². The number of hydrogen-bond donors (Lipinski definition) is 3. The van der Waals surface area contributed by atoms with Gasteiger partial charge < -0.3 is 20.7 Å². The minimum absolute atomic E-state index is 0. The van der Waals surface area contributed by atoms with Gasteiger partial charge in [0, 0.05) is 45.5 Å². The van der Waals surface area contributed by atoms with Gasteiger partial charge in [0.2, 0.25) is 0 Å². The second-order valence-electron chi connectivity index (χ2n) is 6.48. The molecular weight excluding hydrogens is 467 g/mol. The van der Waals surface area contributed by atoms with Gasteiger partial charge in [-0.05, 0) is 37.0 Å². The third-order valence-corrected chi connectivity index (χ3v) is 4.12. The number of unbranched alkanes of at least 4 members (excludes halogenated alkanes) is 2. The number of nitrogens with zero attached hydrogens (tertiary/aromatic N) is 1. The first-order valence-corrected chi connectivity index (χ1v) is 10.1. The van der Waals surface area contributed by atoms with E-state index in [-0.39, 0.29) is 29.9 Å². The van der Waals surface area contributed by atoms with Gasteiger partial charge in [0.05, 0.1) is 0 Å². The van der Waals surface area contributed by atoms with Gasteiger partial charge in [0.1, 0.15) is 0 Å². The third kappa shape index (κ3) is 12.2. The molecule has 0 saturated heterocycles. The highest BCUT2D eigenvalue weighted by Gasteiger charge is 2.05. The number of aliphatic imine (C=N–C) groups is 1. The van der Waals surface area contributed by atoms with Crippen molar-refractivity contribution < 1.29 is 9.53 Å². The van der Waals surface area contributed by atoms with Crippen LogP contribution in [0.15, 0.2) is 29.3 Å². The molecule has 0 spiro atoms. The van der Waals surface area contributed by atoms with Crippen molar-refractivity contribution >= 4 is 35.8 Å². The molecule has 0 heterocycles. The standard InChI is InChI=1S/C21H36N4O2.HI/c1-4-6-13-23-20(26)19-11-9-18(10-12-19)17-25-21(22-3)24-14-8-16-27-15-7-5-2;/h9-12H,4-8,13-17H2,1-3H3,(H,23,26)(H2,22,24,25);1H. The number of halogens is 1. The molecule has 0 aliphatic heterocycles. The Morgan fingerprint density at radius 1 is 0.929 bits per heavy atom. The third-order valence-electron chi connectivity index (χ3n) is 4.12. The zero-order valence-corrected chi connectivity index (χ0v) is 19.9. The van der Waals surface area contributed by atoms with E-state index in [4.69, 9.17) is 4.74 Å². The molecule has 6 nitrogen and oxygen atoms in total. The summed E-state index contributed by atoms with van der Waals surface area (Å²) in [6.07, 6.45) is 5.32. The summed E-state index contributed by atoms with van der Waals surface area (Å²) >= 11 is 0. The van der Waals surface area contributed by atoms with Crippen LogP contribution in [0.25, 0.3) is 0 Å². The van der Waals surface area contributed by atoms with E-state index in [1.807, 2.05) is 24.3 Å². The SMILES string of the molecule is CCCCNC(=O)c1ccc(CNC(=NC)NCCCOCCCC)cc1.I. The molecule has 160 valence electrons. The predicted octanol–water partition coefficient (Wildman–Crippen LogP) is 3.71. The van der Waals surface area contributed by atoms with Crippen LogP contribution in [0.1, 0.15) is 61.9 Å². The number of amides is 1. The van der Waals surface area contributed by atoms with Gasteiger partial charge >= 0.3 is 0 Å². The van der Waals surface area contributed by atoms with Crippen molar-refractivity contribution in [2.24, 2.45) is 4.99 Å². The number of hydrogen-bond acceptors (Lipinski definition) is 3. The fourth-order valence-electron chi connectivity index (χ4n) is 2.39. The van der Waals surface area contributed by atoms with Crippen molar-refractivity contribution in [2.75, 3.05) is 33.4 Å². The average Bonchev–Trinajstić information content (AvgIpc) is 2.70. The van der Waals surface area contributed by atoms with Crippen molar-refractivity contribution in [3.8, 4) is 0 Å². The number of benzene rings is 1. The molecule has 0 fully saturated rings. The first-order valence-electron chi connectivity index (χ1n) is 10.1. The summed E-state index contributed by atoms with van der Waals surface area (Å²) < 4.78 is 5.55. The topological polar surface area (TPSA) is 74.8 Å². The van der Waals surface area contributed by atoms with Crippen molar-refractivity contribution in [1.82, 2.24) is 16.0 Å². The van der Waals surface area contributed by atoms with Crippen LogP contribution in [0.4, 0.5) is 0 Å². The van der Waals surface area contributed by atoms with E-state index in [1.54, 1.807) is 7.05 Å². The molecular formula is C21H37IN4O2. The van der Waals surface area contributed by atoms with Gasteiger partial charge in [-0.1, -0.05) is 38.8 Å². The quantitative estimate of drug-likeness (QED) is 0.166. The van der Waals surface area contributed by atoms with Crippen molar-refractivity contribution in [1.29, 1.82) is 0 Å². The summed E-state index contributed by atoms with van der Waals surface area (Å²) in [6.45, 7) is 8.09. The lowest BCUT2D eigenvalue weighted by atomic mass is 10.1. The molecule has 0 aliphatic carbocycles. The smallest absolute Gasteiger partial charge is 0.251 e. The van der Waals surface area contributed by atoms with Crippen LogP contribution in [-0.2, 0) is 11.3 Å². The van der Waals surface area contributed by atoms with Crippen molar-refractivity contribution in [3.63, 3.8) is 0 Å². The summed E-state index contributed by atoms with van der Waals surface area (Å²) in [7, 11) is 1.76. The lowest BCUT2D eigenvalue weighted by Crippen LogP contribution is -2.37. The van der Waals surface area contributed by atoms with E-state index < -0.39 is 0 Å². The predicted molar refractivity (Wildman–Crippen MR) is 128 cm³/mol. The minimum atomic E-state index is -0.0124. The van der Waals surface area contributed by atoms with E-state index >= 15 is 0 Å². The highest BCUT2D eigenvalue weighted by molar-refractivity contribution is 14.0. The summed E-state index contributed by atoms with van der Waals surface area (Å²) in [4.78, 5) is 16.2. The number of carbonyl (C=O) groups is 1. The lowest BCUT2D eigenvalue weighted by Gasteiger charge is -2.12. The number of ether oxygens (including phenoxy) is 1. The van der Waals surface area contributed by atoms with Crippen LogP contribution in [0, 0.1) is 0 Å². The summed E-state index contributed by atoms with van der Waals surface area (Å²) in [5.74, 6) is 0.756. The summed E-state index contributed by atoms with van der Waals surface area (Å²) in [5.41, 5.74) is 1.80. The largest absolute Gasteiger partial charge is 0.381 e. The molecule has 1 amide bonds. The van der Waals surface area contributed by atoms with E-state index in [0.29, 0.717) is 12.1 Å². The Bertz CT molecular complexity index is 550. The Labute approximate surface area is 187 Å². The number of guanidine groups is 1. The normalized spacial score (nSPS) is 10.9. The molecule has 7 heteroatoms. The number of carbonyl (C=O) groups excluding carboxylic acids is 1. The van der Waals surface area contributed by atoms with Gasteiger partial charge in [-0.3, -0.25) is 9.79 Å². The highest BCUT2D eigenvalue weighted by atomic mass is 127. The van der Waals surface area contributed by atoms with E-state index in [9.17, 15) is 4.79 Å². The molecule has 0 radical (unpaired) electrons. The zero-order valence-electron chi connectivity index (χ0n) is 17.6. The fourth-order valence-corrected chi connectivity index (χ4v) is 2.39. The average molecular weight is 504 g/mol. The molecule has 1 aromatic rings. The van der Waals surface area contributed by atoms with Gasteiger partial charge in [-0.2, -0.15) is 0 Å². The van der Waals surface area contributed by atoms with Crippen LogP contribution in [-0.4, -0.2) is 45.2 Å². The molecule has 0 bridgehead atoms. The molecule has 0 atom stereocenters. The first-order chi connectivity index (χ1) is 13.2. The molecule has 1 rings (SSSR count). The van der Waals surface area contributed by atoms with Gasteiger partial charge in [-0.25, -0.2) is 0 Å². The second kappa shape index (κ2) is 17.7. The zero-order chi connectivity index (χ0) is 19.7. The van der Waals surface area contributed by atoms with Crippen LogP contribution in [0.5, 0.6) is 0 Å². The Balaban J connectivity index is 0.00000729. The molecule has 28 heavy (non-hydrogen) atoms. The second-order valence-corrected chi connectivity index (χ2v) is 6.48. The van der Waals surface area contributed by atoms with Crippen LogP contribution < -0.4 is 16.0 Å². The lowest BCUT2D eigenvalue weighted by molar-refractivity contribution is 0.0953. The monoisotopic (exact) mass is 504 g/mol. The number of rotatable bonds is 13. The highest BCUT2D eigenvalue weighted by Crippen LogP contribution is 2.04. The van der Waals surface area contributed by atoms with E-state index in [1.165, 1.54) is 6.42 Å². The maximum absolute atomic E-state index is 12.0. The summed E-state index contributed by atoms with van der Waals surface area (Å²) in [5, 5.41) is 9.50. The van der Waals surface area contributed by atoms with Gasteiger partial charge in [-0.15, -0.1) is 24.0 Å². The Morgan fingerprint density at radius 3 is 2.21 bits per heavy atom. The minimum Gasteiger partial charge on any atom is -0.381 e. The first kappa shape index (κ1) is 26.6. The van der Waals surface area contributed by atoms with Crippen LogP contribution >= 0.6 is 24.0 Å². The Hall–Kier alpha value is -1.35. The number of nitrogens with one attached hydrogen (secondary N) is 3. The Kier molecular flexibility index (Phi) is 16.9. The maximum Gasteiger partial charge on any atom is 0.251 e. The molecule has 0 aliphatic rings. The molecule has 0 unspecified atom stereocenters. The Morgan fingerprint density at radius 2 is 1.57 bits per heavy atom. The van der Waals surface area contributed by atoms with Gasteiger partial charge in [0.25, 0.3) is 5.91 Å². The van der Waals surface area contributed by atoms with E-state index in [0.717, 1.165) is 63.5 Å². The fraction of sp³-hybridized carbons (Fsp3) is 0.619. The molecule has 1 aromatic carbocycles. The molecule has 0 aromatic heterocycles. The van der Waals surface area contributed by atoms with Crippen LogP contribution in [0.2, 0.25) is 0 Å². The van der Waals surface area contributed by atoms with Crippen LogP contribution in [0.3, 0.4) is 0 Å². The van der Waals surface area contributed by atoms with Crippen molar-refractivity contribution in [2.45, 2.75) is 52.5 Å². The maximum atomic E-state index is 12.0.